The number of thioether (sulfide) groups is 1. The van der Waals surface area contributed by atoms with Crippen LogP contribution in [0.25, 0.3) is 16.3 Å². The second-order valence-corrected chi connectivity index (χ2v) is 7.99. The van der Waals surface area contributed by atoms with Crippen LogP contribution in [0.3, 0.4) is 0 Å². The summed E-state index contributed by atoms with van der Waals surface area (Å²) in [6.45, 7) is 0. The number of aromatic nitrogens is 2. The van der Waals surface area contributed by atoms with Gasteiger partial charge in [-0.3, -0.25) is 9.36 Å². The van der Waals surface area contributed by atoms with Gasteiger partial charge in [0.1, 0.15) is 4.83 Å². The molecule has 0 aliphatic heterocycles. The Morgan fingerprint density at radius 3 is 2.96 bits per heavy atom. The normalized spacial score (nSPS) is 13.9. The van der Waals surface area contributed by atoms with E-state index in [4.69, 9.17) is 4.98 Å². The Morgan fingerprint density at radius 2 is 2.12 bits per heavy atom. The zero-order chi connectivity index (χ0) is 16.5. The highest BCUT2D eigenvalue weighted by Gasteiger charge is 2.22. The first-order valence-electron chi connectivity index (χ1n) is 8.09. The molecule has 2 aromatic heterocycles. The minimum Gasteiger partial charge on any atom is -0.290 e. The molecule has 122 valence electrons. The molecule has 0 unspecified atom stereocenters. The van der Waals surface area contributed by atoms with E-state index in [0.29, 0.717) is 0 Å². The number of benzene rings is 1. The van der Waals surface area contributed by atoms with Crippen LogP contribution in [0.15, 0.2) is 46.4 Å². The molecule has 0 spiro atoms. The van der Waals surface area contributed by atoms with Crippen LogP contribution in [0.5, 0.6) is 0 Å². The summed E-state index contributed by atoms with van der Waals surface area (Å²) in [5.74, 6) is 0.797. The SMILES string of the molecule is Cn1c(SC/C=C\c2ccccc2)nc2sc3c(c2c1=O)CCC3. The van der Waals surface area contributed by atoms with Gasteiger partial charge in [-0.2, -0.15) is 0 Å². The van der Waals surface area contributed by atoms with E-state index in [1.807, 2.05) is 25.2 Å². The Kier molecular flexibility index (Phi) is 4.29. The second kappa shape index (κ2) is 6.57. The van der Waals surface area contributed by atoms with Crippen molar-refractivity contribution in [2.45, 2.75) is 24.4 Å². The summed E-state index contributed by atoms with van der Waals surface area (Å²) < 4.78 is 1.70. The van der Waals surface area contributed by atoms with Gasteiger partial charge in [-0.05, 0) is 30.4 Å². The molecule has 4 rings (SSSR count). The van der Waals surface area contributed by atoms with E-state index in [1.54, 1.807) is 27.7 Å². The molecule has 0 saturated carbocycles. The van der Waals surface area contributed by atoms with E-state index in [1.165, 1.54) is 22.4 Å². The smallest absolute Gasteiger partial charge is 0.262 e. The second-order valence-electron chi connectivity index (χ2n) is 5.92. The van der Waals surface area contributed by atoms with Gasteiger partial charge in [0.15, 0.2) is 5.16 Å². The first kappa shape index (κ1) is 15.7. The van der Waals surface area contributed by atoms with E-state index >= 15 is 0 Å². The van der Waals surface area contributed by atoms with Crippen molar-refractivity contribution in [1.82, 2.24) is 9.55 Å². The zero-order valence-corrected chi connectivity index (χ0v) is 15.1. The number of hydrogen-bond acceptors (Lipinski definition) is 4. The van der Waals surface area contributed by atoms with E-state index in [-0.39, 0.29) is 5.56 Å². The van der Waals surface area contributed by atoms with Crippen molar-refractivity contribution < 1.29 is 0 Å². The van der Waals surface area contributed by atoms with Gasteiger partial charge in [0.25, 0.3) is 5.56 Å². The van der Waals surface area contributed by atoms with Crippen molar-refractivity contribution in [1.29, 1.82) is 0 Å². The van der Waals surface area contributed by atoms with E-state index in [2.05, 4.69) is 24.3 Å². The van der Waals surface area contributed by atoms with Crippen molar-refractivity contribution in [3.8, 4) is 0 Å². The Balaban J connectivity index is 1.58. The van der Waals surface area contributed by atoms with E-state index in [0.717, 1.165) is 34.0 Å². The predicted octanol–water partition coefficient (Wildman–Crippen LogP) is 4.29. The molecule has 0 bridgehead atoms. The molecule has 1 aromatic carbocycles. The molecule has 0 radical (unpaired) electrons. The molecule has 0 atom stereocenters. The molecule has 0 fully saturated rings. The Morgan fingerprint density at radius 1 is 1.29 bits per heavy atom. The van der Waals surface area contributed by atoms with Crippen molar-refractivity contribution in [3.63, 3.8) is 0 Å². The number of aryl methyl sites for hydroxylation is 2. The van der Waals surface area contributed by atoms with Gasteiger partial charge in [0.05, 0.1) is 5.39 Å². The Hall–Kier alpha value is -1.85. The quantitative estimate of drug-likeness (QED) is 0.518. The van der Waals surface area contributed by atoms with E-state index in [9.17, 15) is 4.79 Å². The monoisotopic (exact) mass is 354 g/mol. The average molecular weight is 355 g/mol. The lowest BCUT2D eigenvalue weighted by Crippen LogP contribution is -2.20. The number of fused-ring (bicyclic) bond motifs is 3. The first-order chi connectivity index (χ1) is 11.7. The number of hydrogen-bond donors (Lipinski definition) is 0. The average Bonchev–Trinajstić information content (AvgIpc) is 3.17. The molecule has 0 saturated heterocycles. The number of nitrogens with zero attached hydrogens (tertiary/aromatic N) is 2. The molecule has 2 heterocycles. The fraction of sp³-hybridized carbons (Fsp3) is 0.263. The van der Waals surface area contributed by atoms with Crippen LogP contribution in [0.1, 0.15) is 22.4 Å². The molecule has 3 aromatic rings. The van der Waals surface area contributed by atoms with Crippen LogP contribution >= 0.6 is 23.1 Å². The highest BCUT2D eigenvalue weighted by Crippen LogP contribution is 2.35. The summed E-state index contributed by atoms with van der Waals surface area (Å²) in [4.78, 5) is 19.8. The molecular weight excluding hydrogens is 336 g/mol. The van der Waals surface area contributed by atoms with Gasteiger partial charge in [-0.25, -0.2) is 4.98 Å². The van der Waals surface area contributed by atoms with Crippen LogP contribution in [0, 0.1) is 0 Å². The summed E-state index contributed by atoms with van der Waals surface area (Å²) in [6, 6.07) is 10.2. The standard InChI is InChI=1S/C19H18N2OS2/c1-21-18(22)16-14-10-5-11-15(14)24-17(16)20-19(21)23-12-6-9-13-7-3-2-4-8-13/h2-4,6-9H,5,10-12H2,1H3/b9-6-. The van der Waals surface area contributed by atoms with Crippen LogP contribution in [-0.4, -0.2) is 15.3 Å². The third kappa shape index (κ3) is 2.82. The zero-order valence-electron chi connectivity index (χ0n) is 13.5. The maximum absolute atomic E-state index is 12.7. The summed E-state index contributed by atoms with van der Waals surface area (Å²) in [6.07, 6.45) is 7.51. The third-order valence-corrected chi connectivity index (χ3v) is 6.49. The first-order valence-corrected chi connectivity index (χ1v) is 9.90. The van der Waals surface area contributed by atoms with Crippen LogP contribution in [-0.2, 0) is 19.9 Å². The summed E-state index contributed by atoms with van der Waals surface area (Å²) in [5.41, 5.74) is 2.54. The van der Waals surface area contributed by atoms with Crippen molar-refractivity contribution in [2.75, 3.05) is 5.75 Å². The van der Waals surface area contributed by atoms with Gasteiger partial charge in [-0.1, -0.05) is 54.2 Å². The van der Waals surface area contributed by atoms with Crippen LogP contribution in [0.4, 0.5) is 0 Å². The Bertz CT molecular complexity index is 970. The highest BCUT2D eigenvalue weighted by atomic mass is 32.2. The van der Waals surface area contributed by atoms with Gasteiger partial charge < -0.3 is 0 Å². The molecule has 3 nitrogen and oxygen atoms in total. The Labute approximate surface area is 149 Å². The van der Waals surface area contributed by atoms with E-state index < -0.39 is 0 Å². The largest absolute Gasteiger partial charge is 0.290 e. The lowest BCUT2D eigenvalue weighted by molar-refractivity contribution is 0.727. The highest BCUT2D eigenvalue weighted by molar-refractivity contribution is 7.99. The lowest BCUT2D eigenvalue weighted by atomic mass is 10.2. The van der Waals surface area contributed by atoms with Crippen molar-refractivity contribution in [2.24, 2.45) is 7.05 Å². The number of thiophene rings is 1. The third-order valence-electron chi connectivity index (χ3n) is 4.32. The fourth-order valence-corrected chi connectivity index (χ4v) is 5.19. The molecule has 1 aliphatic carbocycles. The summed E-state index contributed by atoms with van der Waals surface area (Å²) in [7, 11) is 1.83. The van der Waals surface area contributed by atoms with Crippen LogP contribution in [0.2, 0.25) is 0 Å². The number of rotatable bonds is 4. The van der Waals surface area contributed by atoms with Gasteiger partial charge in [-0.15, -0.1) is 11.3 Å². The van der Waals surface area contributed by atoms with Crippen molar-refractivity contribution >= 4 is 39.4 Å². The molecule has 0 amide bonds. The molecular formula is C19H18N2OS2. The predicted molar refractivity (Wildman–Crippen MR) is 103 cm³/mol. The maximum atomic E-state index is 12.7. The van der Waals surface area contributed by atoms with Gasteiger partial charge >= 0.3 is 0 Å². The van der Waals surface area contributed by atoms with Gasteiger partial charge in [0, 0.05) is 17.7 Å². The van der Waals surface area contributed by atoms with Crippen LogP contribution < -0.4 is 5.56 Å². The minimum absolute atomic E-state index is 0.105. The van der Waals surface area contributed by atoms with Gasteiger partial charge in [0.2, 0.25) is 0 Å². The molecule has 1 aliphatic rings. The minimum atomic E-state index is 0.105. The maximum Gasteiger partial charge on any atom is 0.262 e. The van der Waals surface area contributed by atoms with Crippen molar-refractivity contribution in [3.05, 3.63) is 62.8 Å². The summed E-state index contributed by atoms with van der Waals surface area (Å²) in [5, 5.41) is 1.66. The fourth-order valence-electron chi connectivity index (χ4n) is 3.11. The topological polar surface area (TPSA) is 34.9 Å². The molecule has 5 heteroatoms. The molecule has 0 N–H and O–H groups in total. The lowest BCUT2D eigenvalue weighted by Gasteiger charge is -2.06. The molecule has 24 heavy (non-hydrogen) atoms. The summed E-state index contributed by atoms with van der Waals surface area (Å²) >= 11 is 3.31.